The maximum Gasteiger partial charge on any atom is 0.223 e. The van der Waals surface area contributed by atoms with E-state index in [1.807, 2.05) is 24.3 Å². The van der Waals surface area contributed by atoms with Crippen molar-refractivity contribution in [2.75, 3.05) is 20.3 Å². The van der Waals surface area contributed by atoms with Crippen molar-refractivity contribution in [1.29, 1.82) is 0 Å². The molecule has 1 fully saturated rings. The molecule has 1 aromatic carbocycles. The summed E-state index contributed by atoms with van der Waals surface area (Å²) in [6.07, 6.45) is 0.820. The molecular weight excluding hydrogens is 218 g/mol. The van der Waals surface area contributed by atoms with Crippen LogP contribution in [0, 0.1) is 5.92 Å². The van der Waals surface area contributed by atoms with Crippen molar-refractivity contribution in [3.8, 4) is 5.75 Å². The Kier molecular flexibility index (Phi) is 3.64. The third-order valence-electron chi connectivity index (χ3n) is 3.24. The second-order valence-corrected chi connectivity index (χ2v) is 4.26. The van der Waals surface area contributed by atoms with Crippen LogP contribution in [0.15, 0.2) is 24.3 Å². The van der Waals surface area contributed by atoms with E-state index < -0.39 is 0 Å². The summed E-state index contributed by atoms with van der Waals surface area (Å²) in [6.45, 7) is 1.09. The van der Waals surface area contributed by atoms with E-state index in [1.54, 1.807) is 7.11 Å². The fraction of sp³-hybridized carbons (Fsp3) is 0.462. The number of methoxy groups -OCH3 is 1. The minimum atomic E-state index is -0.294. The summed E-state index contributed by atoms with van der Waals surface area (Å²) in [4.78, 5) is 11.4. The molecule has 0 aliphatic carbocycles. The normalized spacial score (nSPS) is 24.3. The molecule has 2 rings (SSSR count). The Morgan fingerprint density at radius 2 is 2.35 bits per heavy atom. The molecule has 2 N–H and O–H groups in total. The molecule has 1 amide bonds. The average Bonchev–Trinajstić information content (AvgIpc) is 2.39. The molecular formula is C13H17NO3. The highest BCUT2D eigenvalue weighted by Crippen LogP contribution is 2.33. The number of ether oxygens (including phenoxy) is 2. The van der Waals surface area contributed by atoms with E-state index in [9.17, 15) is 4.79 Å². The molecule has 2 atom stereocenters. The molecule has 4 heteroatoms. The lowest BCUT2D eigenvalue weighted by Gasteiger charge is -2.29. The largest absolute Gasteiger partial charge is 0.497 e. The Balaban J connectivity index is 2.26. The zero-order valence-corrected chi connectivity index (χ0v) is 9.89. The highest BCUT2D eigenvalue weighted by atomic mass is 16.5. The van der Waals surface area contributed by atoms with Crippen molar-refractivity contribution in [2.45, 2.75) is 12.3 Å². The van der Waals surface area contributed by atoms with Gasteiger partial charge in [-0.3, -0.25) is 4.79 Å². The van der Waals surface area contributed by atoms with Gasteiger partial charge in [-0.25, -0.2) is 0 Å². The van der Waals surface area contributed by atoms with Crippen molar-refractivity contribution in [1.82, 2.24) is 0 Å². The molecule has 4 nitrogen and oxygen atoms in total. The number of nitrogens with two attached hydrogens (primary N) is 1. The first kappa shape index (κ1) is 11.9. The number of hydrogen-bond donors (Lipinski definition) is 1. The lowest BCUT2D eigenvalue weighted by molar-refractivity contribution is -0.126. The van der Waals surface area contributed by atoms with Gasteiger partial charge in [0.25, 0.3) is 0 Å². The highest BCUT2D eigenvalue weighted by Gasteiger charge is 2.31. The first-order valence-electron chi connectivity index (χ1n) is 5.73. The van der Waals surface area contributed by atoms with E-state index in [0.29, 0.717) is 13.2 Å². The van der Waals surface area contributed by atoms with Crippen LogP contribution in [0.1, 0.15) is 17.9 Å². The van der Waals surface area contributed by atoms with Crippen LogP contribution in [0.5, 0.6) is 5.75 Å². The van der Waals surface area contributed by atoms with Gasteiger partial charge in [0, 0.05) is 6.61 Å². The van der Waals surface area contributed by atoms with Gasteiger partial charge in [0.05, 0.1) is 19.6 Å². The smallest absolute Gasteiger partial charge is 0.223 e. The van der Waals surface area contributed by atoms with E-state index in [-0.39, 0.29) is 17.7 Å². The number of carbonyl (C=O) groups is 1. The number of carbonyl (C=O) groups excluding carboxylic acids is 1. The van der Waals surface area contributed by atoms with Crippen LogP contribution in [-0.2, 0) is 9.53 Å². The first-order chi connectivity index (χ1) is 8.22. The maximum absolute atomic E-state index is 11.4. The Morgan fingerprint density at radius 3 is 3.06 bits per heavy atom. The third kappa shape index (κ3) is 2.58. The summed E-state index contributed by atoms with van der Waals surface area (Å²) in [5, 5.41) is 0. The van der Waals surface area contributed by atoms with Crippen molar-refractivity contribution >= 4 is 5.91 Å². The molecule has 0 bridgehead atoms. The second kappa shape index (κ2) is 5.19. The van der Waals surface area contributed by atoms with Gasteiger partial charge >= 0.3 is 0 Å². The quantitative estimate of drug-likeness (QED) is 0.859. The van der Waals surface area contributed by atoms with Gasteiger partial charge in [-0.2, -0.15) is 0 Å². The number of rotatable bonds is 3. The summed E-state index contributed by atoms with van der Waals surface area (Å²) >= 11 is 0. The van der Waals surface area contributed by atoms with Crippen molar-refractivity contribution in [3.63, 3.8) is 0 Å². The van der Waals surface area contributed by atoms with E-state index in [0.717, 1.165) is 17.7 Å². The molecule has 0 radical (unpaired) electrons. The molecule has 0 aromatic heterocycles. The molecule has 0 spiro atoms. The van der Waals surface area contributed by atoms with Gasteiger partial charge in [-0.05, 0) is 30.0 Å². The van der Waals surface area contributed by atoms with Crippen LogP contribution in [-0.4, -0.2) is 26.2 Å². The monoisotopic (exact) mass is 235 g/mol. The summed E-state index contributed by atoms with van der Waals surface area (Å²) in [7, 11) is 1.63. The Morgan fingerprint density at radius 1 is 1.53 bits per heavy atom. The van der Waals surface area contributed by atoms with Crippen LogP contribution in [0.2, 0.25) is 0 Å². The van der Waals surface area contributed by atoms with Crippen molar-refractivity contribution < 1.29 is 14.3 Å². The SMILES string of the molecule is COc1cccc(C2CCOCC2C(N)=O)c1. The number of primary amides is 1. The van der Waals surface area contributed by atoms with Gasteiger partial charge < -0.3 is 15.2 Å². The highest BCUT2D eigenvalue weighted by molar-refractivity contribution is 5.78. The minimum absolute atomic E-state index is 0.136. The van der Waals surface area contributed by atoms with Gasteiger partial charge in [0.1, 0.15) is 5.75 Å². The summed E-state index contributed by atoms with van der Waals surface area (Å²) in [5.74, 6) is 0.405. The van der Waals surface area contributed by atoms with Crippen LogP contribution in [0.3, 0.4) is 0 Å². The molecule has 1 aliphatic heterocycles. The maximum atomic E-state index is 11.4. The summed E-state index contributed by atoms with van der Waals surface area (Å²) in [5.41, 5.74) is 6.51. The van der Waals surface area contributed by atoms with Gasteiger partial charge in [-0.15, -0.1) is 0 Å². The average molecular weight is 235 g/mol. The molecule has 0 saturated carbocycles. The van der Waals surface area contributed by atoms with Gasteiger partial charge in [0.2, 0.25) is 5.91 Å². The standard InChI is InChI=1S/C13H17NO3/c1-16-10-4-2-3-9(7-10)11-5-6-17-8-12(11)13(14)15/h2-4,7,11-12H,5-6,8H2,1H3,(H2,14,15). The minimum Gasteiger partial charge on any atom is -0.497 e. The Hall–Kier alpha value is -1.55. The van der Waals surface area contributed by atoms with E-state index in [4.69, 9.17) is 15.2 Å². The summed E-state index contributed by atoms with van der Waals surface area (Å²) < 4.78 is 10.5. The lowest BCUT2D eigenvalue weighted by atomic mass is 9.82. The third-order valence-corrected chi connectivity index (χ3v) is 3.24. The van der Waals surface area contributed by atoms with Gasteiger partial charge in [-0.1, -0.05) is 12.1 Å². The van der Waals surface area contributed by atoms with E-state index in [1.165, 1.54) is 0 Å². The Bertz CT molecular complexity index is 405. The van der Waals surface area contributed by atoms with E-state index in [2.05, 4.69) is 0 Å². The van der Waals surface area contributed by atoms with Crippen LogP contribution in [0.25, 0.3) is 0 Å². The molecule has 1 saturated heterocycles. The molecule has 92 valence electrons. The van der Waals surface area contributed by atoms with Crippen LogP contribution in [0.4, 0.5) is 0 Å². The fourth-order valence-corrected chi connectivity index (χ4v) is 2.29. The fourth-order valence-electron chi connectivity index (χ4n) is 2.29. The molecule has 2 unspecified atom stereocenters. The molecule has 17 heavy (non-hydrogen) atoms. The topological polar surface area (TPSA) is 61.6 Å². The van der Waals surface area contributed by atoms with Crippen LogP contribution >= 0.6 is 0 Å². The predicted octanol–water partition coefficient (Wildman–Crippen LogP) is 1.30. The molecule has 1 aromatic rings. The summed E-state index contributed by atoms with van der Waals surface area (Å²) in [6, 6.07) is 7.80. The zero-order valence-electron chi connectivity index (χ0n) is 9.89. The number of hydrogen-bond acceptors (Lipinski definition) is 3. The lowest BCUT2D eigenvalue weighted by Crippen LogP contribution is -2.36. The zero-order chi connectivity index (χ0) is 12.3. The van der Waals surface area contributed by atoms with Gasteiger partial charge in [0.15, 0.2) is 0 Å². The van der Waals surface area contributed by atoms with E-state index >= 15 is 0 Å². The number of benzene rings is 1. The van der Waals surface area contributed by atoms with Crippen molar-refractivity contribution in [3.05, 3.63) is 29.8 Å². The first-order valence-corrected chi connectivity index (χ1v) is 5.73. The van der Waals surface area contributed by atoms with Crippen LogP contribution < -0.4 is 10.5 Å². The second-order valence-electron chi connectivity index (χ2n) is 4.26. The number of amides is 1. The van der Waals surface area contributed by atoms with Crippen molar-refractivity contribution in [2.24, 2.45) is 11.7 Å². The molecule has 1 heterocycles. The predicted molar refractivity (Wildman–Crippen MR) is 63.9 cm³/mol. The Labute approximate surface area is 101 Å². The molecule has 1 aliphatic rings.